The quantitative estimate of drug-likeness (QED) is 0.555. The van der Waals surface area contributed by atoms with Gasteiger partial charge in [0.1, 0.15) is 0 Å². The topological polar surface area (TPSA) is 108 Å². The molecule has 0 saturated heterocycles. The van der Waals surface area contributed by atoms with Gasteiger partial charge in [-0.25, -0.2) is 4.98 Å². The van der Waals surface area contributed by atoms with Crippen LogP contribution in [0.1, 0.15) is 23.8 Å². The molecule has 1 rings (SSSR count). The molecule has 1 aromatic rings. The van der Waals surface area contributed by atoms with Crippen LogP contribution in [0.3, 0.4) is 0 Å². The highest BCUT2D eigenvalue weighted by atomic mass is 16.3. The lowest BCUT2D eigenvalue weighted by Crippen LogP contribution is -2.54. The van der Waals surface area contributed by atoms with Crippen molar-refractivity contribution in [1.29, 1.82) is 0 Å². The Morgan fingerprint density at radius 2 is 2.18 bits per heavy atom. The lowest BCUT2D eigenvalue weighted by molar-refractivity contribution is 0.0650. The van der Waals surface area contributed by atoms with Crippen LogP contribution >= 0.6 is 0 Å². The number of rotatable bonds is 5. The first-order valence-corrected chi connectivity index (χ1v) is 5.33. The molecule has 0 aliphatic heterocycles. The highest BCUT2D eigenvalue weighted by Crippen LogP contribution is 2.12. The van der Waals surface area contributed by atoms with Gasteiger partial charge in [-0.1, -0.05) is 6.92 Å². The Bertz CT molecular complexity index is 383. The van der Waals surface area contributed by atoms with Crippen LogP contribution in [0.5, 0.6) is 0 Å². The van der Waals surface area contributed by atoms with E-state index in [-0.39, 0.29) is 24.6 Å². The minimum Gasteiger partial charge on any atom is -0.397 e. The van der Waals surface area contributed by atoms with Crippen molar-refractivity contribution in [3.8, 4) is 0 Å². The fourth-order valence-electron chi connectivity index (χ4n) is 1.35. The van der Waals surface area contributed by atoms with Crippen molar-refractivity contribution in [2.75, 3.05) is 18.9 Å². The maximum atomic E-state index is 11.9. The predicted octanol–water partition coefficient (Wildman–Crippen LogP) is -0.473. The zero-order valence-electron chi connectivity index (χ0n) is 9.68. The molecule has 0 bridgehead atoms. The lowest BCUT2D eigenvalue weighted by Gasteiger charge is -2.29. The molecule has 0 aliphatic rings. The Morgan fingerprint density at radius 1 is 1.53 bits per heavy atom. The second kappa shape index (κ2) is 5.60. The van der Waals surface area contributed by atoms with Crippen LogP contribution in [0.15, 0.2) is 18.3 Å². The zero-order chi connectivity index (χ0) is 12.9. The molecular formula is C11H17N3O3. The van der Waals surface area contributed by atoms with Gasteiger partial charge in [-0.2, -0.15) is 0 Å². The minimum atomic E-state index is -1.04. The van der Waals surface area contributed by atoms with Gasteiger partial charge in [-0.15, -0.1) is 0 Å². The normalized spacial score (nSPS) is 11.2. The molecule has 0 fully saturated rings. The Kier molecular flexibility index (Phi) is 4.42. The summed E-state index contributed by atoms with van der Waals surface area (Å²) in [5, 5.41) is 21.0. The molecule has 0 saturated carbocycles. The number of hydrogen-bond acceptors (Lipinski definition) is 5. The molecule has 1 amide bonds. The highest BCUT2D eigenvalue weighted by molar-refractivity contribution is 5.97. The maximum absolute atomic E-state index is 11.9. The maximum Gasteiger partial charge on any atom is 0.272 e. The summed E-state index contributed by atoms with van der Waals surface area (Å²) in [6.07, 6.45) is 1.86. The smallest absolute Gasteiger partial charge is 0.272 e. The number of hydrogen-bond donors (Lipinski definition) is 4. The number of nitrogen functional groups attached to an aromatic ring is 1. The van der Waals surface area contributed by atoms with E-state index in [1.54, 1.807) is 19.1 Å². The summed E-state index contributed by atoms with van der Waals surface area (Å²) in [5.74, 6) is -0.506. The summed E-state index contributed by atoms with van der Waals surface area (Å²) in [5.41, 5.74) is 4.92. The molecule has 0 spiro atoms. The average molecular weight is 239 g/mol. The Balaban J connectivity index is 2.89. The first-order valence-electron chi connectivity index (χ1n) is 5.33. The van der Waals surface area contributed by atoms with E-state index < -0.39 is 11.4 Å². The molecule has 94 valence electrons. The molecule has 0 aliphatic carbocycles. The van der Waals surface area contributed by atoms with Crippen molar-refractivity contribution < 1.29 is 15.0 Å². The van der Waals surface area contributed by atoms with Crippen LogP contribution in [0.25, 0.3) is 0 Å². The molecule has 0 radical (unpaired) electrons. The summed E-state index contributed by atoms with van der Waals surface area (Å²) in [6, 6.07) is 3.19. The molecule has 1 aromatic heterocycles. The number of nitrogens with zero attached hydrogens (tertiary/aromatic N) is 1. The monoisotopic (exact) mass is 239 g/mol. The van der Waals surface area contributed by atoms with E-state index >= 15 is 0 Å². The van der Waals surface area contributed by atoms with Crippen molar-refractivity contribution in [3.63, 3.8) is 0 Å². The van der Waals surface area contributed by atoms with E-state index in [1.165, 1.54) is 6.20 Å². The van der Waals surface area contributed by atoms with Gasteiger partial charge < -0.3 is 21.3 Å². The molecule has 0 atom stereocenters. The first-order chi connectivity index (χ1) is 8.08. The average Bonchev–Trinajstić information content (AvgIpc) is 2.36. The number of carbonyl (C=O) groups is 1. The highest BCUT2D eigenvalue weighted by Gasteiger charge is 2.29. The number of aromatic nitrogens is 1. The molecule has 6 heteroatoms. The Hall–Kier alpha value is -1.66. The van der Waals surface area contributed by atoms with Gasteiger partial charge >= 0.3 is 0 Å². The number of pyridine rings is 1. The molecular weight excluding hydrogens is 222 g/mol. The van der Waals surface area contributed by atoms with Crippen LogP contribution in [-0.2, 0) is 0 Å². The van der Waals surface area contributed by atoms with Gasteiger partial charge in [0.05, 0.1) is 24.4 Å². The van der Waals surface area contributed by atoms with E-state index in [0.717, 1.165) is 0 Å². The number of nitrogens with one attached hydrogen (secondary N) is 1. The minimum absolute atomic E-state index is 0.0900. The number of anilines is 1. The Labute approximate surface area is 99.5 Å². The van der Waals surface area contributed by atoms with Crippen LogP contribution < -0.4 is 11.1 Å². The SMILES string of the molecule is CCC(CO)(CO)NC(=O)c1ncccc1N. The fourth-order valence-corrected chi connectivity index (χ4v) is 1.35. The summed E-state index contributed by atoms with van der Waals surface area (Å²) in [4.78, 5) is 15.7. The standard InChI is InChI=1S/C11H17N3O3/c1-2-11(6-15,7-16)14-10(17)9-8(12)4-3-5-13-9/h3-5,15-16H,2,6-7,12H2,1H3,(H,14,17). The number of nitrogens with two attached hydrogens (primary N) is 1. The second-order valence-electron chi connectivity index (χ2n) is 3.85. The predicted molar refractivity (Wildman–Crippen MR) is 63.3 cm³/mol. The largest absolute Gasteiger partial charge is 0.397 e. The van der Waals surface area contributed by atoms with E-state index in [2.05, 4.69) is 10.3 Å². The molecule has 6 nitrogen and oxygen atoms in total. The molecule has 0 aromatic carbocycles. The van der Waals surface area contributed by atoms with Gasteiger partial charge in [-0.05, 0) is 18.6 Å². The number of carbonyl (C=O) groups excluding carboxylic acids is 1. The summed E-state index contributed by atoms with van der Waals surface area (Å²) in [7, 11) is 0. The van der Waals surface area contributed by atoms with E-state index in [4.69, 9.17) is 5.73 Å². The Morgan fingerprint density at radius 3 is 2.65 bits per heavy atom. The number of aliphatic hydroxyl groups excluding tert-OH is 2. The van der Waals surface area contributed by atoms with Gasteiger partial charge in [0.2, 0.25) is 0 Å². The summed E-state index contributed by atoms with van der Waals surface area (Å²) < 4.78 is 0. The third-order valence-corrected chi connectivity index (χ3v) is 2.71. The summed E-state index contributed by atoms with van der Waals surface area (Å²) >= 11 is 0. The zero-order valence-corrected chi connectivity index (χ0v) is 9.68. The van der Waals surface area contributed by atoms with Crippen LogP contribution in [-0.4, -0.2) is 39.9 Å². The van der Waals surface area contributed by atoms with Crippen LogP contribution in [0.2, 0.25) is 0 Å². The third-order valence-electron chi connectivity index (χ3n) is 2.71. The van der Waals surface area contributed by atoms with Crippen LogP contribution in [0.4, 0.5) is 5.69 Å². The number of aliphatic hydroxyl groups is 2. The van der Waals surface area contributed by atoms with Gasteiger partial charge in [0.25, 0.3) is 5.91 Å². The van der Waals surface area contributed by atoms with Gasteiger partial charge in [0, 0.05) is 6.20 Å². The van der Waals surface area contributed by atoms with Crippen molar-refractivity contribution >= 4 is 11.6 Å². The fraction of sp³-hybridized carbons (Fsp3) is 0.455. The van der Waals surface area contributed by atoms with Gasteiger partial charge in [0.15, 0.2) is 5.69 Å². The summed E-state index contributed by atoms with van der Waals surface area (Å²) in [6.45, 7) is 1.06. The third kappa shape index (κ3) is 2.92. The van der Waals surface area contributed by atoms with E-state index in [1.807, 2.05) is 0 Å². The van der Waals surface area contributed by atoms with E-state index in [9.17, 15) is 15.0 Å². The van der Waals surface area contributed by atoms with Crippen molar-refractivity contribution in [2.45, 2.75) is 18.9 Å². The van der Waals surface area contributed by atoms with Crippen molar-refractivity contribution in [2.24, 2.45) is 0 Å². The van der Waals surface area contributed by atoms with Crippen LogP contribution in [0, 0.1) is 0 Å². The molecule has 0 unspecified atom stereocenters. The molecule has 17 heavy (non-hydrogen) atoms. The van der Waals surface area contributed by atoms with Crippen molar-refractivity contribution in [1.82, 2.24) is 10.3 Å². The first kappa shape index (κ1) is 13.4. The van der Waals surface area contributed by atoms with Gasteiger partial charge in [-0.3, -0.25) is 4.79 Å². The lowest BCUT2D eigenvalue weighted by atomic mass is 9.98. The number of amides is 1. The molecule has 5 N–H and O–H groups in total. The second-order valence-corrected chi connectivity index (χ2v) is 3.85. The van der Waals surface area contributed by atoms with Crippen molar-refractivity contribution in [3.05, 3.63) is 24.0 Å². The van der Waals surface area contributed by atoms with E-state index in [0.29, 0.717) is 6.42 Å². The molecule has 1 heterocycles.